The number of fused-ring (bicyclic) bond motifs is 1. The van der Waals surface area contributed by atoms with E-state index in [4.69, 9.17) is 9.72 Å². The lowest BCUT2D eigenvalue weighted by Crippen LogP contribution is -2.42. The van der Waals surface area contributed by atoms with Gasteiger partial charge in [-0.15, -0.1) is 0 Å². The molecule has 6 nitrogen and oxygen atoms in total. The predicted octanol–water partition coefficient (Wildman–Crippen LogP) is 4.43. The third kappa shape index (κ3) is 4.36. The van der Waals surface area contributed by atoms with Crippen LogP contribution in [-0.4, -0.2) is 46.3 Å². The topological polar surface area (TPSA) is 59.4 Å². The molecule has 29 heavy (non-hydrogen) atoms. The molecule has 2 aromatic carbocycles. The van der Waals surface area contributed by atoms with Crippen LogP contribution in [-0.2, 0) is 11.3 Å². The van der Waals surface area contributed by atoms with Crippen LogP contribution in [0.2, 0.25) is 0 Å². The molecule has 1 amide bonds. The highest BCUT2D eigenvalue weighted by atomic mass is 16.6. The van der Waals surface area contributed by atoms with Gasteiger partial charge in [-0.2, -0.15) is 0 Å². The fourth-order valence-electron chi connectivity index (χ4n) is 3.83. The zero-order valence-corrected chi connectivity index (χ0v) is 17.1. The van der Waals surface area contributed by atoms with Crippen molar-refractivity contribution in [3.63, 3.8) is 0 Å². The maximum Gasteiger partial charge on any atom is 0.409 e. The molecule has 2 heterocycles. The van der Waals surface area contributed by atoms with E-state index in [-0.39, 0.29) is 12.1 Å². The fraction of sp³-hybridized carbons (Fsp3) is 0.391. The quantitative estimate of drug-likeness (QED) is 0.698. The molecule has 1 aromatic heterocycles. The number of hydrogen-bond donors (Lipinski definition) is 1. The number of anilines is 1. The molecular weight excluding hydrogens is 364 g/mol. The number of carbonyl (C=O) groups excluding carboxylic acids is 1. The van der Waals surface area contributed by atoms with E-state index >= 15 is 0 Å². The summed E-state index contributed by atoms with van der Waals surface area (Å²) in [5.74, 6) is 0.890. The minimum Gasteiger partial charge on any atom is -0.450 e. The summed E-state index contributed by atoms with van der Waals surface area (Å²) < 4.78 is 7.37. The van der Waals surface area contributed by atoms with Gasteiger partial charge in [0.05, 0.1) is 24.2 Å². The molecular formula is C23H28N4O2. The largest absolute Gasteiger partial charge is 0.450 e. The van der Waals surface area contributed by atoms with Gasteiger partial charge in [0.2, 0.25) is 5.95 Å². The summed E-state index contributed by atoms with van der Waals surface area (Å²) in [5, 5.41) is 3.64. The number of aromatic nitrogens is 2. The molecule has 3 aromatic rings. The van der Waals surface area contributed by atoms with Gasteiger partial charge < -0.3 is 19.5 Å². The van der Waals surface area contributed by atoms with Crippen LogP contribution in [0.1, 0.15) is 30.9 Å². The van der Waals surface area contributed by atoms with E-state index < -0.39 is 0 Å². The van der Waals surface area contributed by atoms with Crippen molar-refractivity contribution in [3.8, 4) is 0 Å². The van der Waals surface area contributed by atoms with Crippen LogP contribution in [0.4, 0.5) is 10.7 Å². The van der Waals surface area contributed by atoms with E-state index in [1.165, 1.54) is 11.1 Å². The van der Waals surface area contributed by atoms with Gasteiger partial charge in [-0.1, -0.05) is 42.0 Å². The summed E-state index contributed by atoms with van der Waals surface area (Å²) in [5.41, 5.74) is 4.63. The highest BCUT2D eigenvalue weighted by Gasteiger charge is 2.24. The Morgan fingerprint density at radius 2 is 1.86 bits per heavy atom. The second-order valence-electron chi connectivity index (χ2n) is 7.60. The van der Waals surface area contributed by atoms with Crippen molar-refractivity contribution in [1.29, 1.82) is 0 Å². The number of nitrogens with zero attached hydrogens (tertiary/aromatic N) is 3. The lowest BCUT2D eigenvalue weighted by molar-refractivity contribution is 0.0983. The van der Waals surface area contributed by atoms with Crippen LogP contribution in [0.15, 0.2) is 48.5 Å². The van der Waals surface area contributed by atoms with Gasteiger partial charge in [-0.25, -0.2) is 9.78 Å². The first-order valence-corrected chi connectivity index (χ1v) is 10.3. The fourth-order valence-corrected chi connectivity index (χ4v) is 3.83. The first-order chi connectivity index (χ1) is 14.1. The maximum absolute atomic E-state index is 11.9. The van der Waals surface area contributed by atoms with Gasteiger partial charge in [0.1, 0.15) is 0 Å². The molecule has 1 fully saturated rings. The van der Waals surface area contributed by atoms with Gasteiger partial charge in [0, 0.05) is 19.1 Å². The zero-order chi connectivity index (χ0) is 20.2. The number of likely N-dealkylation sites (tertiary alicyclic amines) is 1. The molecule has 6 heteroatoms. The second-order valence-corrected chi connectivity index (χ2v) is 7.60. The Kier molecular flexibility index (Phi) is 5.69. The smallest absolute Gasteiger partial charge is 0.409 e. The third-order valence-electron chi connectivity index (χ3n) is 5.47. The summed E-state index contributed by atoms with van der Waals surface area (Å²) in [6.45, 7) is 6.53. The number of nitrogens with one attached hydrogen (secondary N) is 1. The first-order valence-electron chi connectivity index (χ1n) is 10.3. The van der Waals surface area contributed by atoms with Gasteiger partial charge in [0.25, 0.3) is 0 Å². The van der Waals surface area contributed by atoms with Gasteiger partial charge >= 0.3 is 6.09 Å². The van der Waals surface area contributed by atoms with Gasteiger partial charge in [0.15, 0.2) is 0 Å². The summed E-state index contributed by atoms with van der Waals surface area (Å²) in [6, 6.07) is 17.2. The van der Waals surface area contributed by atoms with E-state index in [2.05, 4.69) is 59.3 Å². The summed E-state index contributed by atoms with van der Waals surface area (Å²) in [7, 11) is 0. The van der Waals surface area contributed by atoms with Crippen LogP contribution in [0.25, 0.3) is 11.0 Å². The normalized spacial score (nSPS) is 14.9. The van der Waals surface area contributed by atoms with Crippen LogP contribution in [0, 0.1) is 6.92 Å². The highest BCUT2D eigenvalue weighted by Crippen LogP contribution is 2.24. The number of piperidine rings is 1. The average molecular weight is 393 g/mol. The van der Waals surface area contributed by atoms with Gasteiger partial charge in [-0.3, -0.25) is 0 Å². The number of ether oxygens (including phenoxy) is 1. The van der Waals surface area contributed by atoms with Crippen molar-refractivity contribution in [2.75, 3.05) is 25.0 Å². The molecule has 4 rings (SSSR count). The Bertz CT molecular complexity index is 972. The Hall–Kier alpha value is -3.02. The monoisotopic (exact) mass is 392 g/mol. The van der Waals surface area contributed by atoms with Crippen molar-refractivity contribution >= 4 is 23.1 Å². The van der Waals surface area contributed by atoms with Crippen LogP contribution in [0.5, 0.6) is 0 Å². The molecule has 0 bridgehead atoms. The van der Waals surface area contributed by atoms with Gasteiger partial charge in [-0.05, 0) is 44.4 Å². The zero-order valence-electron chi connectivity index (χ0n) is 17.1. The molecule has 0 saturated carbocycles. The molecule has 152 valence electrons. The molecule has 1 N–H and O–H groups in total. The molecule has 0 radical (unpaired) electrons. The lowest BCUT2D eigenvalue weighted by Gasteiger charge is -2.32. The summed E-state index contributed by atoms with van der Waals surface area (Å²) >= 11 is 0. The Labute approximate surface area is 171 Å². The van der Waals surface area contributed by atoms with E-state index in [0.29, 0.717) is 19.7 Å². The standard InChI is InChI=1S/C23H28N4O2/c1-3-29-23(28)26-14-12-19(13-15-26)24-22-25-20-6-4-5-7-21(20)27(22)16-18-10-8-17(2)9-11-18/h4-11,19H,3,12-16H2,1-2H3,(H,24,25). The van der Waals surface area contributed by atoms with Crippen molar-refractivity contribution in [3.05, 3.63) is 59.7 Å². The average Bonchev–Trinajstić information content (AvgIpc) is 3.07. The molecule has 0 spiro atoms. The van der Waals surface area contributed by atoms with Crippen molar-refractivity contribution in [1.82, 2.24) is 14.5 Å². The SMILES string of the molecule is CCOC(=O)N1CCC(Nc2nc3ccccc3n2Cc2ccc(C)cc2)CC1. The number of amides is 1. The highest BCUT2D eigenvalue weighted by molar-refractivity contribution is 5.78. The molecule has 1 aliphatic rings. The minimum absolute atomic E-state index is 0.211. The number of benzene rings is 2. The number of hydrogen-bond acceptors (Lipinski definition) is 4. The lowest BCUT2D eigenvalue weighted by atomic mass is 10.1. The Morgan fingerprint density at radius 3 is 2.59 bits per heavy atom. The Balaban J connectivity index is 1.51. The second kappa shape index (κ2) is 8.55. The van der Waals surface area contributed by atoms with Crippen molar-refractivity contribution in [2.24, 2.45) is 0 Å². The number of carbonyl (C=O) groups is 1. The van der Waals surface area contributed by atoms with Crippen LogP contribution >= 0.6 is 0 Å². The van der Waals surface area contributed by atoms with Crippen molar-refractivity contribution in [2.45, 2.75) is 39.3 Å². The number of imidazole rings is 1. The molecule has 0 unspecified atom stereocenters. The van der Waals surface area contributed by atoms with E-state index in [0.717, 1.165) is 36.4 Å². The first kappa shape index (κ1) is 19.3. The molecule has 1 aliphatic heterocycles. The number of aryl methyl sites for hydroxylation is 1. The number of rotatable bonds is 5. The number of para-hydroxylation sites is 2. The molecule has 0 aliphatic carbocycles. The van der Waals surface area contributed by atoms with E-state index in [9.17, 15) is 4.79 Å². The van der Waals surface area contributed by atoms with E-state index in [1.807, 2.05) is 13.0 Å². The summed E-state index contributed by atoms with van der Waals surface area (Å²) in [6.07, 6.45) is 1.55. The Morgan fingerprint density at radius 1 is 1.14 bits per heavy atom. The van der Waals surface area contributed by atoms with Crippen LogP contribution in [0.3, 0.4) is 0 Å². The van der Waals surface area contributed by atoms with Crippen LogP contribution < -0.4 is 5.32 Å². The molecule has 0 atom stereocenters. The molecule has 1 saturated heterocycles. The predicted molar refractivity (Wildman–Crippen MR) is 115 cm³/mol. The minimum atomic E-state index is -0.211. The third-order valence-corrected chi connectivity index (χ3v) is 5.47. The maximum atomic E-state index is 11.9. The summed E-state index contributed by atoms with van der Waals surface area (Å²) in [4.78, 5) is 18.6. The van der Waals surface area contributed by atoms with E-state index in [1.54, 1.807) is 4.90 Å². The van der Waals surface area contributed by atoms with Crippen molar-refractivity contribution < 1.29 is 9.53 Å².